The Morgan fingerprint density at radius 3 is 0.725 bits per heavy atom. The van der Waals surface area contributed by atoms with Gasteiger partial charge >= 0.3 is 17.8 Å². The van der Waals surface area contributed by atoms with E-state index in [9.17, 15) is 19.8 Å². The zero-order valence-electron chi connectivity index (χ0n) is 46.4. The van der Waals surface area contributed by atoms with Gasteiger partial charge in [0.15, 0.2) is 0 Å². The first-order valence-corrected chi connectivity index (χ1v) is 30.8. The summed E-state index contributed by atoms with van der Waals surface area (Å²) in [6.45, 7) is 8.95. The molecule has 6 nitrogen and oxygen atoms in total. The molecule has 0 bridgehead atoms. The molecule has 2 N–H and O–H groups in total. The largest absolute Gasteiger partial charge is 0.478 e. The number of nitrogens with zero attached hydrogens (tertiary/aromatic N) is 1. The SMILES string of the molecule is CCCCCCCCCCCCCCCCCC[N+](CCCCCCCCCCCCCCCCCC)(CCCCCCCCCCCCCCCCCC)C(=O)c1cc(C(=O)O)ccc1C(=O)O. The lowest BCUT2D eigenvalue weighted by molar-refractivity contribution is -0.850. The van der Waals surface area contributed by atoms with Gasteiger partial charge in [0.2, 0.25) is 0 Å². The number of benzene rings is 1. The molecule has 402 valence electrons. The van der Waals surface area contributed by atoms with Crippen LogP contribution in [0.15, 0.2) is 18.2 Å². The molecular weight excluding hydrogens is 851 g/mol. The van der Waals surface area contributed by atoms with E-state index in [1.165, 1.54) is 288 Å². The van der Waals surface area contributed by atoms with Gasteiger partial charge in [0, 0.05) is 0 Å². The van der Waals surface area contributed by atoms with Crippen LogP contribution in [0.3, 0.4) is 0 Å². The average Bonchev–Trinajstić information content (AvgIpc) is 3.35. The van der Waals surface area contributed by atoms with Gasteiger partial charge in [0.05, 0.1) is 36.3 Å². The molecule has 0 atom stereocenters. The van der Waals surface area contributed by atoms with Gasteiger partial charge in [-0.05, 0) is 56.7 Å². The Hall–Kier alpha value is -2.21. The monoisotopic (exact) mass is 967 g/mol. The van der Waals surface area contributed by atoms with Gasteiger partial charge in [-0.25, -0.2) is 14.4 Å². The molecule has 0 saturated heterocycles. The first-order chi connectivity index (χ1) is 33.8. The van der Waals surface area contributed by atoms with E-state index in [2.05, 4.69) is 20.8 Å². The van der Waals surface area contributed by atoms with E-state index in [0.717, 1.165) is 38.5 Å². The highest BCUT2D eigenvalue weighted by atomic mass is 16.4. The molecule has 1 rings (SSSR count). The summed E-state index contributed by atoms with van der Waals surface area (Å²) in [5, 5.41) is 20.2. The highest BCUT2D eigenvalue weighted by Gasteiger charge is 2.39. The van der Waals surface area contributed by atoms with Gasteiger partial charge in [-0.1, -0.05) is 290 Å². The van der Waals surface area contributed by atoms with Crippen molar-refractivity contribution in [2.75, 3.05) is 19.6 Å². The third-order valence-corrected chi connectivity index (χ3v) is 15.5. The fraction of sp³-hybridized carbons (Fsp3) is 0.857. The number of carbonyl (C=O) groups is 3. The van der Waals surface area contributed by atoms with Crippen molar-refractivity contribution in [3.63, 3.8) is 0 Å². The number of unbranched alkanes of at least 4 members (excludes halogenated alkanes) is 45. The van der Waals surface area contributed by atoms with Crippen molar-refractivity contribution in [3.8, 4) is 0 Å². The average molecular weight is 968 g/mol. The van der Waals surface area contributed by atoms with Crippen LogP contribution in [0.25, 0.3) is 0 Å². The number of carbonyl (C=O) groups excluding carboxylic acids is 1. The molecule has 0 fully saturated rings. The molecule has 0 aliphatic rings. The lowest BCUT2D eigenvalue weighted by Crippen LogP contribution is -2.55. The maximum atomic E-state index is 15.1. The summed E-state index contributed by atoms with van der Waals surface area (Å²) in [6.07, 6.45) is 62.3. The predicted molar refractivity (Wildman–Crippen MR) is 298 cm³/mol. The normalized spacial score (nSPS) is 11.8. The molecule has 1 aromatic rings. The van der Waals surface area contributed by atoms with E-state index < -0.39 is 11.9 Å². The topological polar surface area (TPSA) is 91.7 Å². The predicted octanol–water partition coefficient (Wildman–Crippen LogP) is 20.8. The maximum absolute atomic E-state index is 15.1. The van der Waals surface area contributed by atoms with Crippen molar-refractivity contribution >= 4 is 17.8 Å². The molecule has 0 radical (unpaired) electrons. The molecule has 0 aromatic heterocycles. The lowest BCUT2D eigenvalue weighted by atomic mass is 9.99. The van der Waals surface area contributed by atoms with Crippen molar-refractivity contribution < 1.29 is 29.1 Å². The molecule has 0 saturated carbocycles. The molecule has 69 heavy (non-hydrogen) atoms. The van der Waals surface area contributed by atoms with E-state index in [1.54, 1.807) is 0 Å². The third kappa shape index (κ3) is 36.4. The fourth-order valence-corrected chi connectivity index (χ4v) is 10.8. The van der Waals surface area contributed by atoms with Crippen LogP contribution in [0.2, 0.25) is 0 Å². The van der Waals surface area contributed by atoms with Crippen LogP contribution in [0.5, 0.6) is 0 Å². The molecule has 0 unspecified atom stereocenters. The second-order valence-electron chi connectivity index (χ2n) is 21.9. The van der Waals surface area contributed by atoms with Crippen LogP contribution in [0, 0.1) is 0 Å². The van der Waals surface area contributed by atoms with Gasteiger partial charge in [0.1, 0.15) is 0 Å². The summed E-state index contributed by atoms with van der Waals surface area (Å²) in [7, 11) is 0. The highest BCUT2D eigenvalue weighted by Crippen LogP contribution is 2.26. The number of carboxylic acid groups (broad SMARTS) is 2. The van der Waals surface area contributed by atoms with E-state index in [-0.39, 0.29) is 27.1 Å². The van der Waals surface area contributed by atoms with Crippen molar-refractivity contribution in [2.45, 2.75) is 329 Å². The molecule has 0 aliphatic carbocycles. The zero-order valence-corrected chi connectivity index (χ0v) is 46.4. The summed E-state index contributed by atoms with van der Waals surface area (Å²) in [4.78, 5) is 39.8. The van der Waals surface area contributed by atoms with Gasteiger partial charge < -0.3 is 10.2 Å². The second kappa shape index (κ2) is 48.1. The second-order valence-corrected chi connectivity index (χ2v) is 21.9. The standard InChI is InChI=1S/C63H115NO5/c1-4-7-10-13-16-19-22-25-28-31-34-37-40-43-46-49-54-64(61(65)60-57-58(62(66)67)52-53-59(60)63(68)69,55-50-47-44-41-38-35-32-29-26-23-20-17-14-11-8-5-2)56-51-48-45-42-39-36-33-30-27-24-21-18-15-12-9-6-3/h52-53,57H,4-51,54-56H2,1-3H3,(H-,66,67,68,69)/p+1. The van der Waals surface area contributed by atoms with Crippen LogP contribution >= 0.6 is 0 Å². The Morgan fingerprint density at radius 2 is 0.522 bits per heavy atom. The summed E-state index contributed by atoms with van der Waals surface area (Å²) in [5.74, 6) is -2.48. The first-order valence-electron chi connectivity index (χ1n) is 30.8. The summed E-state index contributed by atoms with van der Waals surface area (Å²) in [6, 6.07) is 4.03. The van der Waals surface area contributed by atoms with Crippen molar-refractivity contribution in [1.29, 1.82) is 0 Å². The van der Waals surface area contributed by atoms with Crippen molar-refractivity contribution in [3.05, 3.63) is 34.9 Å². The lowest BCUT2D eigenvalue weighted by Gasteiger charge is -2.37. The van der Waals surface area contributed by atoms with Gasteiger partial charge in [0.25, 0.3) is 0 Å². The molecule has 0 spiro atoms. The van der Waals surface area contributed by atoms with Crippen molar-refractivity contribution in [1.82, 2.24) is 0 Å². The van der Waals surface area contributed by atoms with Crippen LogP contribution < -0.4 is 0 Å². The minimum atomic E-state index is -1.17. The smallest absolute Gasteiger partial charge is 0.346 e. The van der Waals surface area contributed by atoms with Crippen molar-refractivity contribution in [2.24, 2.45) is 0 Å². The van der Waals surface area contributed by atoms with Crippen LogP contribution in [0.4, 0.5) is 0 Å². The fourth-order valence-electron chi connectivity index (χ4n) is 10.8. The number of rotatable bonds is 54. The molecule has 1 amide bonds. The van der Waals surface area contributed by atoms with Crippen LogP contribution in [-0.4, -0.2) is 52.2 Å². The summed E-state index contributed by atoms with van der Waals surface area (Å²) < 4.78 is 0.249. The third-order valence-electron chi connectivity index (χ3n) is 15.5. The van der Waals surface area contributed by atoms with E-state index >= 15 is 4.79 Å². The molecule has 1 aromatic carbocycles. The number of quaternary nitrogens is 1. The number of hydrogen-bond donors (Lipinski definition) is 2. The Bertz CT molecular complexity index is 1240. The van der Waals surface area contributed by atoms with Crippen LogP contribution in [-0.2, 0) is 0 Å². The van der Waals surface area contributed by atoms with Gasteiger partial charge in [-0.15, -0.1) is 0 Å². The Morgan fingerprint density at radius 1 is 0.304 bits per heavy atom. The molecule has 6 heteroatoms. The van der Waals surface area contributed by atoms with Gasteiger partial charge in [-0.3, -0.25) is 4.48 Å². The van der Waals surface area contributed by atoms with Crippen LogP contribution in [0.1, 0.15) is 360 Å². The van der Waals surface area contributed by atoms with E-state index in [4.69, 9.17) is 0 Å². The molecular formula is C63H116NO5+. The Balaban J connectivity index is 2.84. The highest BCUT2D eigenvalue weighted by molar-refractivity contribution is 6.04. The number of hydrogen-bond acceptors (Lipinski definition) is 3. The minimum absolute atomic E-state index is 0.0197. The number of carboxylic acids is 2. The van der Waals surface area contributed by atoms with Gasteiger partial charge in [-0.2, -0.15) is 0 Å². The molecule has 0 aliphatic heterocycles. The maximum Gasteiger partial charge on any atom is 0.346 e. The summed E-state index contributed by atoms with van der Waals surface area (Å²) >= 11 is 0. The van der Waals surface area contributed by atoms with E-state index in [1.807, 2.05) is 0 Å². The Labute approximate surface area is 428 Å². The first kappa shape index (κ1) is 64.8. The summed E-state index contributed by atoms with van der Waals surface area (Å²) in [5.41, 5.74) is -0.0148. The number of aromatic carboxylic acids is 2. The quantitative estimate of drug-likeness (QED) is 0.0501. The zero-order chi connectivity index (χ0) is 50.1. The Kier molecular flexibility index (Phi) is 45.2. The van der Waals surface area contributed by atoms with E-state index in [0.29, 0.717) is 19.6 Å². The number of amides is 1. The minimum Gasteiger partial charge on any atom is -0.478 e. The molecule has 0 heterocycles.